The molecule has 0 radical (unpaired) electrons. The van der Waals surface area contributed by atoms with Crippen molar-refractivity contribution in [3.8, 4) is 0 Å². The largest absolute Gasteiger partial charge is 0.478 e. The maximum Gasteiger partial charge on any atom is 0.335 e. The first-order valence-electron chi connectivity index (χ1n) is 9.84. The van der Waals surface area contributed by atoms with Gasteiger partial charge in [-0.15, -0.1) is 0 Å². The maximum absolute atomic E-state index is 13.8. The van der Waals surface area contributed by atoms with Crippen LogP contribution in [0.2, 0.25) is 5.02 Å². The van der Waals surface area contributed by atoms with Gasteiger partial charge in [0.25, 0.3) is 0 Å². The fourth-order valence-electron chi connectivity index (χ4n) is 3.55. The Kier molecular flexibility index (Phi) is 6.84. The number of halogens is 1. The molecule has 31 heavy (non-hydrogen) atoms. The van der Waals surface area contributed by atoms with Crippen LogP contribution in [0.1, 0.15) is 41.8 Å². The average Bonchev–Trinajstić information content (AvgIpc) is 2.78. The third-order valence-corrected chi connectivity index (χ3v) is 7.77. The van der Waals surface area contributed by atoms with E-state index in [-0.39, 0.29) is 17.0 Å². The normalized spacial score (nSPS) is 13.7. The molecule has 0 spiro atoms. The van der Waals surface area contributed by atoms with Crippen molar-refractivity contribution < 1.29 is 18.3 Å². The lowest BCUT2D eigenvalue weighted by atomic mass is 9.89. The second-order valence-electron chi connectivity index (χ2n) is 7.46. The minimum absolute atomic E-state index is 0.0192. The minimum Gasteiger partial charge on any atom is -0.478 e. The number of sulfonamides is 1. The van der Waals surface area contributed by atoms with Gasteiger partial charge in [0.15, 0.2) is 0 Å². The van der Waals surface area contributed by atoms with E-state index in [1.165, 1.54) is 28.6 Å². The van der Waals surface area contributed by atoms with Crippen LogP contribution >= 0.6 is 11.6 Å². The summed E-state index contributed by atoms with van der Waals surface area (Å²) in [6.07, 6.45) is 0.516. The zero-order chi connectivity index (χ0) is 22.6. The van der Waals surface area contributed by atoms with Gasteiger partial charge in [0.05, 0.1) is 16.0 Å². The first-order chi connectivity index (χ1) is 14.7. The monoisotopic (exact) mass is 457 g/mol. The van der Waals surface area contributed by atoms with Crippen molar-refractivity contribution >= 4 is 27.6 Å². The Morgan fingerprint density at radius 1 is 1.00 bits per heavy atom. The molecule has 0 saturated heterocycles. The number of benzene rings is 3. The van der Waals surface area contributed by atoms with Crippen LogP contribution in [-0.2, 0) is 22.1 Å². The minimum atomic E-state index is -3.94. The van der Waals surface area contributed by atoms with Gasteiger partial charge < -0.3 is 5.11 Å². The number of rotatable bonds is 8. The van der Waals surface area contributed by atoms with Crippen molar-refractivity contribution in [1.82, 2.24) is 4.31 Å². The molecule has 1 atom stereocenters. The lowest BCUT2D eigenvalue weighted by molar-refractivity contribution is 0.0696. The highest BCUT2D eigenvalue weighted by Gasteiger charge is 2.40. The molecule has 0 saturated carbocycles. The summed E-state index contributed by atoms with van der Waals surface area (Å²) in [5, 5.41) is 9.79. The highest BCUT2D eigenvalue weighted by Crippen LogP contribution is 2.38. The molecule has 0 aromatic heterocycles. The molecule has 7 heteroatoms. The van der Waals surface area contributed by atoms with Crippen molar-refractivity contribution in [3.63, 3.8) is 0 Å². The van der Waals surface area contributed by atoms with Gasteiger partial charge in [0.2, 0.25) is 10.0 Å². The highest BCUT2D eigenvalue weighted by molar-refractivity contribution is 7.89. The van der Waals surface area contributed by atoms with E-state index in [2.05, 4.69) is 0 Å². The molecule has 3 aromatic rings. The molecule has 1 unspecified atom stereocenters. The summed E-state index contributed by atoms with van der Waals surface area (Å²) < 4.78 is 29.1. The van der Waals surface area contributed by atoms with Crippen LogP contribution < -0.4 is 0 Å². The van der Waals surface area contributed by atoms with Crippen molar-refractivity contribution in [2.24, 2.45) is 0 Å². The van der Waals surface area contributed by atoms with Crippen LogP contribution in [0.15, 0.2) is 83.8 Å². The van der Waals surface area contributed by atoms with E-state index in [1.54, 1.807) is 24.3 Å². The fourth-order valence-corrected chi connectivity index (χ4v) is 5.49. The molecule has 5 nitrogen and oxygen atoms in total. The highest BCUT2D eigenvalue weighted by atomic mass is 35.5. The summed E-state index contributed by atoms with van der Waals surface area (Å²) in [4.78, 5) is 11.5. The van der Waals surface area contributed by atoms with Crippen molar-refractivity contribution in [2.45, 2.75) is 37.2 Å². The number of nitrogens with zero attached hydrogens (tertiary/aromatic N) is 1. The van der Waals surface area contributed by atoms with Crippen LogP contribution in [-0.4, -0.2) is 23.8 Å². The standard InChI is InChI=1S/C24H24ClNO4S/c1-3-24(2,20-10-5-4-6-11-20)26(17-18-8-7-9-19(16-18)23(27)28)31(29,30)22-14-12-21(25)13-15-22/h4-16H,3,17H2,1-2H3,(H,27,28). The van der Waals surface area contributed by atoms with Gasteiger partial charge in [-0.05, 0) is 60.9 Å². The Labute approximate surface area is 188 Å². The van der Waals surface area contributed by atoms with E-state index in [0.717, 1.165) is 5.56 Å². The Morgan fingerprint density at radius 3 is 2.23 bits per heavy atom. The van der Waals surface area contributed by atoms with Crippen LogP contribution in [0.25, 0.3) is 0 Å². The molecule has 0 amide bonds. The molecule has 0 bridgehead atoms. The van der Waals surface area contributed by atoms with E-state index in [1.807, 2.05) is 44.2 Å². The Hall–Kier alpha value is -2.67. The van der Waals surface area contributed by atoms with Gasteiger partial charge in [-0.25, -0.2) is 13.2 Å². The molecule has 0 aliphatic carbocycles. The summed E-state index contributed by atoms with van der Waals surface area (Å²) in [5.74, 6) is -1.06. The molecule has 0 heterocycles. The maximum atomic E-state index is 13.8. The van der Waals surface area contributed by atoms with Crippen LogP contribution in [0.4, 0.5) is 0 Å². The average molecular weight is 458 g/mol. The SMILES string of the molecule is CCC(C)(c1ccccc1)N(Cc1cccc(C(=O)O)c1)S(=O)(=O)c1ccc(Cl)cc1. The van der Waals surface area contributed by atoms with Gasteiger partial charge in [-0.1, -0.05) is 61.0 Å². The number of hydrogen-bond donors (Lipinski definition) is 1. The first kappa shape index (κ1) is 23.0. The lowest BCUT2D eigenvalue weighted by Crippen LogP contribution is -2.46. The number of carboxylic acids is 1. The first-order valence-corrected chi connectivity index (χ1v) is 11.7. The Balaban J connectivity index is 2.17. The molecular formula is C24H24ClNO4S. The smallest absolute Gasteiger partial charge is 0.335 e. The Morgan fingerprint density at radius 2 is 1.65 bits per heavy atom. The molecule has 1 N–H and O–H groups in total. The molecule has 0 fully saturated rings. The second kappa shape index (κ2) is 9.22. The van der Waals surface area contributed by atoms with E-state index < -0.39 is 21.5 Å². The van der Waals surface area contributed by atoms with Gasteiger partial charge >= 0.3 is 5.97 Å². The third-order valence-electron chi connectivity index (χ3n) is 5.54. The summed E-state index contributed by atoms with van der Waals surface area (Å²) >= 11 is 5.97. The predicted octanol–water partition coefficient (Wildman–Crippen LogP) is 5.55. The topological polar surface area (TPSA) is 74.7 Å². The predicted molar refractivity (Wildman–Crippen MR) is 122 cm³/mol. The zero-order valence-electron chi connectivity index (χ0n) is 17.3. The molecule has 0 aliphatic heterocycles. The van der Waals surface area contributed by atoms with E-state index in [9.17, 15) is 18.3 Å². The van der Waals surface area contributed by atoms with Crippen LogP contribution in [0, 0.1) is 0 Å². The summed E-state index contributed by atoms with van der Waals surface area (Å²) in [5.41, 5.74) is 0.690. The third kappa shape index (κ3) is 4.82. The van der Waals surface area contributed by atoms with Crippen LogP contribution in [0.3, 0.4) is 0 Å². The van der Waals surface area contributed by atoms with Crippen molar-refractivity contribution in [3.05, 3.63) is 101 Å². The summed E-state index contributed by atoms with van der Waals surface area (Å²) in [7, 11) is -3.94. The number of carboxylic acid groups (broad SMARTS) is 1. The lowest BCUT2D eigenvalue weighted by Gasteiger charge is -2.40. The summed E-state index contributed by atoms with van der Waals surface area (Å²) in [6, 6.07) is 21.9. The van der Waals surface area contributed by atoms with Crippen molar-refractivity contribution in [1.29, 1.82) is 0 Å². The molecule has 0 aliphatic rings. The summed E-state index contributed by atoms with van der Waals surface area (Å²) in [6.45, 7) is 3.84. The van der Waals surface area contributed by atoms with Gasteiger partial charge in [-0.2, -0.15) is 4.31 Å². The second-order valence-corrected chi connectivity index (χ2v) is 9.76. The molecule has 162 valence electrons. The van der Waals surface area contributed by atoms with E-state index >= 15 is 0 Å². The number of carbonyl (C=O) groups is 1. The molecular weight excluding hydrogens is 434 g/mol. The van der Waals surface area contributed by atoms with E-state index in [4.69, 9.17) is 11.6 Å². The van der Waals surface area contributed by atoms with Gasteiger partial charge in [0, 0.05) is 11.6 Å². The van der Waals surface area contributed by atoms with Gasteiger partial charge in [0.1, 0.15) is 0 Å². The fraction of sp³-hybridized carbons (Fsp3) is 0.208. The zero-order valence-corrected chi connectivity index (χ0v) is 18.9. The number of aromatic carboxylic acids is 1. The Bertz CT molecular complexity index is 1160. The van der Waals surface area contributed by atoms with Crippen LogP contribution in [0.5, 0.6) is 0 Å². The quantitative estimate of drug-likeness (QED) is 0.481. The molecule has 3 rings (SSSR count). The van der Waals surface area contributed by atoms with Crippen molar-refractivity contribution in [2.75, 3.05) is 0 Å². The molecule has 3 aromatic carbocycles. The van der Waals surface area contributed by atoms with Gasteiger partial charge in [-0.3, -0.25) is 0 Å². The number of hydrogen-bond acceptors (Lipinski definition) is 3. The van der Waals surface area contributed by atoms with E-state index in [0.29, 0.717) is 17.0 Å².